The molecular weight excluding hydrogens is 172 g/mol. The Labute approximate surface area is 73.9 Å². The molecule has 0 aromatic heterocycles. The number of carbonyl (C=O) groups excluding carboxylic acids is 3. The highest BCUT2D eigenvalue weighted by molar-refractivity contribution is 6.22. The molecule has 2 rings (SSSR count). The summed E-state index contributed by atoms with van der Waals surface area (Å²) in [5.74, 6) is -0.953. The van der Waals surface area contributed by atoms with E-state index in [-0.39, 0.29) is 35.7 Å². The molecule has 4 nitrogen and oxygen atoms in total. The Balaban J connectivity index is 2.47. The van der Waals surface area contributed by atoms with Crippen molar-refractivity contribution in [2.45, 2.75) is 6.42 Å². The van der Waals surface area contributed by atoms with Gasteiger partial charge in [-0.05, 0) is 12.2 Å². The highest BCUT2D eigenvalue weighted by Gasteiger charge is 2.27. The van der Waals surface area contributed by atoms with Crippen LogP contribution >= 0.6 is 0 Å². The standard InChI is InChI=1S/C9H6O4/c10-7-1-5-3-8(11)13-4-6(2-7)9(5)12/h1-2H,3-4H2. The summed E-state index contributed by atoms with van der Waals surface area (Å²) in [4.78, 5) is 33.3. The van der Waals surface area contributed by atoms with Crippen molar-refractivity contribution in [3.8, 4) is 0 Å². The van der Waals surface area contributed by atoms with Gasteiger partial charge in [-0.1, -0.05) is 0 Å². The molecule has 1 aliphatic carbocycles. The molecular formula is C9H6O4. The van der Waals surface area contributed by atoms with E-state index >= 15 is 0 Å². The molecule has 1 fully saturated rings. The van der Waals surface area contributed by atoms with Crippen LogP contribution in [0.5, 0.6) is 0 Å². The number of hydrogen-bond acceptors (Lipinski definition) is 4. The van der Waals surface area contributed by atoms with Gasteiger partial charge in [-0.3, -0.25) is 14.4 Å². The van der Waals surface area contributed by atoms with Crippen LogP contribution in [-0.4, -0.2) is 24.1 Å². The van der Waals surface area contributed by atoms with Crippen LogP contribution in [0.15, 0.2) is 23.3 Å². The third-order valence-corrected chi connectivity index (χ3v) is 1.94. The molecule has 0 aromatic rings. The van der Waals surface area contributed by atoms with Gasteiger partial charge in [0.2, 0.25) is 0 Å². The van der Waals surface area contributed by atoms with Crippen molar-refractivity contribution in [3.05, 3.63) is 23.3 Å². The lowest BCUT2D eigenvalue weighted by molar-refractivity contribution is -0.141. The van der Waals surface area contributed by atoms with Crippen molar-refractivity contribution in [3.63, 3.8) is 0 Å². The van der Waals surface area contributed by atoms with Crippen LogP contribution in [0.3, 0.4) is 0 Å². The van der Waals surface area contributed by atoms with Gasteiger partial charge in [-0.25, -0.2) is 0 Å². The van der Waals surface area contributed by atoms with E-state index in [9.17, 15) is 14.4 Å². The van der Waals surface area contributed by atoms with Crippen molar-refractivity contribution in [1.29, 1.82) is 0 Å². The van der Waals surface area contributed by atoms with E-state index in [0.29, 0.717) is 0 Å². The van der Waals surface area contributed by atoms with Gasteiger partial charge in [-0.2, -0.15) is 0 Å². The number of Topliss-reactive ketones (excluding diaryl/α,β-unsaturated/α-hetero) is 1. The molecule has 2 bridgehead atoms. The fourth-order valence-corrected chi connectivity index (χ4v) is 1.33. The SMILES string of the molecule is O=C1C=C2COC(=O)CC(=C1)C2=O. The van der Waals surface area contributed by atoms with Crippen LogP contribution in [0, 0.1) is 0 Å². The number of fused-ring (bicyclic) bond motifs is 2. The molecule has 0 saturated carbocycles. The molecule has 1 saturated heterocycles. The van der Waals surface area contributed by atoms with Crippen LogP contribution in [0.1, 0.15) is 6.42 Å². The maximum absolute atomic E-state index is 11.4. The summed E-state index contributed by atoms with van der Waals surface area (Å²) in [5, 5.41) is 0. The Bertz CT molecular complexity index is 373. The lowest BCUT2D eigenvalue weighted by Gasteiger charge is -2.05. The zero-order valence-corrected chi connectivity index (χ0v) is 6.70. The van der Waals surface area contributed by atoms with E-state index in [2.05, 4.69) is 0 Å². The van der Waals surface area contributed by atoms with E-state index in [0.717, 1.165) is 0 Å². The minimum Gasteiger partial charge on any atom is -0.460 e. The van der Waals surface area contributed by atoms with Crippen LogP contribution in [0.4, 0.5) is 0 Å². The fraction of sp³-hybridized carbons (Fsp3) is 0.222. The Morgan fingerprint density at radius 1 is 1.08 bits per heavy atom. The van der Waals surface area contributed by atoms with E-state index in [1.54, 1.807) is 0 Å². The predicted octanol–water partition coefficient (Wildman–Crippen LogP) is -0.0621. The molecule has 1 heterocycles. The second kappa shape index (κ2) is 2.65. The molecule has 66 valence electrons. The van der Waals surface area contributed by atoms with Crippen molar-refractivity contribution < 1.29 is 19.1 Å². The monoisotopic (exact) mass is 178 g/mol. The molecule has 0 unspecified atom stereocenters. The van der Waals surface area contributed by atoms with Crippen molar-refractivity contribution in [2.24, 2.45) is 0 Å². The number of ether oxygens (including phenoxy) is 1. The summed E-state index contributed by atoms with van der Waals surface area (Å²) >= 11 is 0. The first-order valence-electron chi connectivity index (χ1n) is 3.82. The number of ketones is 2. The van der Waals surface area contributed by atoms with Gasteiger partial charge in [0.25, 0.3) is 0 Å². The first-order chi connectivity index (χ1) is 6.16. The smallest absolute Gasteiger partial charge is 0.310 e. The fourth-order valence-electron chi connectivity index (χ4n) is 1.33. The van der Waals surface area contributed by atoms with Crippen LogP contribution in [0.25, 0.3) is 0 Å². The van der Waals surface area contributed by atoms with Gasteiger partial charge in [0, 0.05) is 11.1 Å². The molecule has 0 atom stereocenters. The number of esters is 1. The first-order valence-corrected chi connectivity index (χ1v) is 3.82. The van der Waals surface area contributed by atoms with E-state index < -0.39 is 5.97 Å². The van der Waals surface area contributed by atoms with E-state index in [4.69, 9.17) is 4.74 Å². The lowest BCUT2D eigenvalue weighted by atomic mass is 9.95. The van der Waals surface area contributed by atoms with Gasteiger partial charge in [0.15, 0.2) is 11.6 Å². The highest BCUT2D eigenvalue weighted by atomic mass is 16.5. The van der Waals surface area contributed by atoms with Crippen LogP contribution in [-0.2, 0) is 19.1 Å². The Hall–Kier alpha value is -1.71. The zero-order valence-electron chi connectivity index (χ0n) is 6.70. The molecule has 2 aliphatic rings. The van der Waals surface area contributed by atoms with Crippen molar-refractivity contribution in [2.75, 3.05) is 6.61 Å². The van der Waals surface area contributed by atoms with Gasteiger partial charge in [0.1, 0.15) is 6.61 Å². The summed E-state index contributed by atoms with van der Waals surface area (Å²) in [6.07, 6.45) is 2.31. The van der Waals surface area contributed by atoms with Gasteiger partial charge in [0.05, 0.1) is 6.42 Å². The average molecular weight is 178 g/mol. The molecule has 1 aliphatic heterocycles. The molecule has 0 spiro atoms. The maximum Gasteiger partial charge on any atom is 0.310 e. The maximum atomic E-state index is 11.4. The number of rotatable bonds is 0. The second-order valence-corrected chi connectivity index (χ2v) is 2.91. The Morgan fingerprint density at radius 2 is 1.77 bits per heavy atom. The predicted molar refractivity (Wildman–Crippen MR) is 41.8 cm³/mol. The summed E-state index contributed by atoms with van der Waals surface area (Å²) in [6, 6.07) is 0. The molecule has 0 radical (unpaired) electrons. The molecule has 0 aromatic carbocycles. The van der Waals surface area contributed by atoms with E-state index in [1.807, 2.05) is 0 Å². The highest BCUT2D eigenvalue weighted by Crippen LogP contribution is 2.20. The largest absolute Gasteiger partial charge is 0.460 e. The van der Waals surface area contributed by atoms with Crippen LogP contribution in [0.2, 0.25) is 0 Å². The molecule has 0 N–H and O–H groups in total. The summed E-state index contributed by atoms with van der Waals surface area (Å²) < 4.78 is 4.71. The van der Waals surface area contributed by atoms with Gasteiger partial charge in [-0.15, -0.1) is 0 Å². The molecule has 13 heavy (non-hydrogen) atoms. The minimum atomic E-state index is -0.460. The number of allylic oxidation sites excluding steroid dienone is 2. The number of hydrogen-bond donors (Lipinski definition) is 0. The Kier molecular flexibility index (Phi) is 1.62. The van der Waals surface area contributed by atoms with Gasteiger partial charge < -0.3 is 4.74 Å². The normalized spacial score (nSPS) is 21.7. The zero-order chi connectivity index (χ0) is 9.42. The number of cyclic esters (lactones) is 1. The van der Waals surface area contributed by atoms with Crippen LogP contribution < -0.4 is 0 Å². The average Bonchev–Trinajstić information content (AvgIpc) is 2.18. The third kappa shape index (κ3) is 1.30. The van der Waals surface area contributed by atoms with Crippen molar-refractivity contribution >= 4 is 17.5 Å². The lowest BCUT2D eigenvalue weighted by Crippen LogP contribution is -2.14. The third-order valence-electron chi connectivity index (χ3n) is 1.94. The van der Waals surface area contributed by atoms with E-state index in [1.165, 1.54) is 12.2 Å². The Morgan fingerprint density at radius 3 is 2.54 bits per heavy atom. The summed E-state index contributed by atoms with van der Waals surface area (Å²) in [6.45, 7) is -0.0826. The number of carbonyl (C=O) groups is 3. The van der Waals surface area contributed by atoms with Gasteiger partial charge >= 0.3 is 5.97 Å². The minimum absolute atomic E-state index is 0.0826. The summed E-state index contributed by atoms with van der Waals surface area (Å²) in [5.41, 5.74) is 0.512. The first kappa shape index (κ1) is 7.91. The quantitative estimate of drug-likeness (QED) is 0.385. The second-order valence-electron chi connectivity index (χ2n) is 2.91. The summed E-state index contributed by atoms with van der Waals surface area (Å²) in [7, 11) is 0. The molecule has 0 amide bonds. The van der Waals surface area contributed by atoms with Crippen molar-refractivity contribution in [1.82, 2.24) is 0 Å². The topological polar surface area (TPSA) is 60.4 Å². The molecule has 4 heteroatoms.